The number of amides is 1. The van der Waals surface area contributed by atoms with Crippen molar-refractivity contribution in [2.24, 2.45) is 5.41 Å². The van der Waals surface area contributed by atoms with Gasteiger partial charge >= 0.3 is 0 Å². The quantitative estimate of drug-likeness (QED) is 0.354. The molecule has 2 aromatic heterocycles. The maximum Gasteiger partial charge on any atom is 0.252 e. The van der Waals surface area contributed by atoms with Crippen molar-refractivity contribution >= 4 is 11.6 Å². The molecule has 9 nitrogen and oxygen atoms in total. The summed E-state index contributed by atoms with van der Waals surface area (Å²) in [5.41, 5.74) is -0.169. The highest BCUT2D eigenvalue weighted by molar-refractivity contribution is 6.00. The predicted octanol–water partition coefficient (Wildman–Crippen LogP) is 4.71. The summed E-state index contributed by atoms with van der Waals surface area (Å²) in [6.45, 7) is 1.14. The molecule has 5 aliphatic carbocycles. The zero-order chi connectivity index (χ0) is 24.3. The summed E-state index contributed by atoms with van der Waals surface area (Å²) in [4.78, 5) is 24.3. The van der Waals surface area contributed by atoms with E-state index >= 15 is 0 Å². The van der Waals surface area contributed by atoms with Gasteiger partial charge in [0.05, 0.1) is 5.41 Å². The number of anilines is 1. The lowest BCUT2D eigenvalue weighted by atomic mass is 9.42. The summed E-state index contributed by atoms with van der Waals surface area (Å²) < 4.78 is 30.7. The molecule has 188 valence electrons. The van der Waals surface area contributed by atoms with Gasteiger partial charge in [0.1, 0.15) is 12.3 Å². The van der Waals surface area contributed by atoms with Gasteiger partial charge in [0.25, 0.3) is 5.89 Å². The molecule has 0 atom stereocenters. The fourth-order valence-corrected chi connectivity index (χ4v) is 5.50. The highest BCUT2D eigenvalue weighted by Crippen LogP contribution is 2.70. The first kappa shape index (κ1) is 22.1. The lowest BCUT2D eigenvalue weighted by Crippen LogP contribution is -2.70. The van der Waals surface area contributed by atoms with Crippen LogP contribution in [0.1, 0.15) is 80.8 Å². The maximum absolute atomic E-state index is 14.2. The van der Waals surface area contributed by atoms with Crippen molar-refractivity contribution in [3.05, 3.63) is 41.9 Å². The second kappa shape index (κ2) is 8.19. The molecule has 0 radical (unpaired) electrons. The zero-order valence-electron chi connectivity index (χ0n) is 20.0. The van der Waals surface area contributed by atoms with Gasteiger partial charge in [0.2, 0.25) is 17.6 Å². The molecule has 10 heteroatoms. The molecule has 1 aromatic carbocycles. The summed E-state index contributed by atoms with van der Waals surface area (Å²) >= 11 is 0. The van der Waals surface area contributed by atoms with E-state index in [4.69, 9.17) is 13.8 Å². The number of aromatic nitrogens is 4. The number of ether oxygens (including phenoxy) is 1. The Morgan fingerprint density at radius 2 is 1.89 bits per heavy atom. The van der Waals surface area contributed by atoms with E-state index in [2.05, 4.69) is 20.3 Å². The van der Waals surface area contributed by atoms with Gasteiger partial charge in [-0.15, -0.1) is 0 Å². The van der Waals surface area contributed by atoms with Gasteiger partial charge in [-0.25, -0.2) is 4.39 Å². The molecule has 0 N–H and O–H groups in total. The van der Waals surface area contributed by atoms with Crippen LogP contribution < -0.4 is 4.90 Å². The summed E-state index contributed by atoms with van der Waals surface area (Å²) in [5.74, 6) is 3.23. The second-order valence-corrected chi connectivity index (χ2v) is 10.9. The van der Waals surface area contributed by atoms with E-state index in [0.29, 0.717) is 68.3 Å². The van der Waals surface area contributed by atoms with Crippen molar-refractivity contribution in [2.45, 2.75) is 75.5 Å². The van der Waals surface area contributed by atoms with Gasteiger partial charge in [0, 0.05) is 36.2 Å². The third-order valence-corrected chi connectivity index (χ3v) is 7.77. The van der Waals surface area contributed by atoms with Crippen LogP contribution in [0.3, 0.4) is 0 Å². The number of benzene rings is 1. The lowest BCUT2D eigenvalue weighted by Gasteiger charge is -2.65. The van der Waals surface area contributed by atoms with Gasteiger partial charge in [-0.2, -0.15) is 9.97 Å². The monoisotopic (exact) mass is 493 g/mol. The minimum atomic E-state index is -1.14. The first-order valence-electron chi connectivity index (χ1n) is 12.9. The van der Waals surface area contributed by atoms with E-state index < -0.39 is 11.1 Å². The third-order valence-electron chi connectivity index (χ3n) is 7.77. The molecule has 1 amide bonds. The van der Waals surface area contributed by atoms with Gasteiger partial charge in [-0.05, 0) is 63.5 Å². The zero-order valence-corrected chi connectivity index (χ0v) is 20.0. The molecular formula is C26H28FN5O4. The highest BCUT2D eigenvalue weighted by atomic mass is 19.1. The van der Waals surface area contributed by atoms with Gasteiger partial charge < -0.3 is 18.7 Å². The summed E-state index contributed by atoms with van der Waals surface area (Å²) in [6.07, 6.45) is 5.97. The average molecular weight is 494 g/mol. The van der Waals surface area contributed by atoms with Crippen molar-refractivity contribution in [3.8, 4) is 11.4 Å². The standard InChI is InChI=1S/C26H28FN5O4/c27-26-13-25(14-26,15-26)24(33)32(9-2-10-34-12-20-28-21(30-35-20)16-5-6-16)19-4-1-3-18(11-19)22-29-23(36-31-22)17-7-8-17/h1,3-4,11,16-17H,2,5-10,12-15H2. The van der Waals surface area contributed by atoms with Crippen LogP contribution in [0.2, 0.25) is 0 Å². The van der Waals surface area contributed by atoms with Crippen molar-refractivity contribution < 1.29 is 23.0 Å². The van der Waals surface area contributed by atoms with Crippen LogP contribution in [0.25, 0.3) is 11.4 Å². The Bertz CT molecular complexity index is 1280. The van der Waals surface area contributed by atoms with E-state index in [1.165, 1.54) is 0 Å². The van der Waals surface area contributed by atoms with Crippen molar-refractivity contribution in [2.75, 3.05) is 18.1 Å². The molecule has 0 spiro atoms. The smallest absolute Gasteiger partial charge is 0.252 e. The van der Waals surface area contributed by atoms with Crippen LogP contribution in [-0.4, -0.2) is 45.0 Å². The van der Waals surface area contributed by atoms with Crippen LogP contribution in [0, 0.1) is 5.41 Å². The molecule has 8 rings (SSSR count). The van der Waals surface area contributed by atoms with Crippen LogP contribution in [0.15, 0.2) is 33.3 Å². The van der Waals surface area contributed by atoms with E-state index in [-0.39, 0.29) is 12.5 Å². The van der Waals surface area contributed by atoms with E-state index in [0.717, 1.165) is 42.8 Å². The topological polar surface area (TPSA) is 107 Å². The number of rotatable bonds is 11. The molecule has 0 unspecified atom stereocenters. The Balaban J connectivity index is 1.03. The number of hydrogen-bond acceptors (Lipinski definition) is 8. The minimum Gasteiger partial charge on any atom is -0.372 e. The van der Waals surface area contributed by atoms with E-state index in [1.54, 1.807) is 4.90 Å². The number of nitrogens with zero attached hydrogens (tertiary/aromatic N) is 5. The summed E-state index contributed by atoms with van der Waals surface area (Å²) in [7, 11) is 0. The molecule has 2 bridgehead atoms. The van der Waals surface area contributed by atoms with E-state index in [1.807, 2.05) is 24.3 Å². The Morgan fingerprint density at radius 3 is 2.64 bits per heavy atom. The van der Waals surface area contributed by atoms with Gasteiger partial charge in [-0.3, -0.25) is 4.79 Å². The molecule has 3 aromatic rings. The predicted molar refractivity (Wildman–Crippen MR) is 125 cm³/mol. The van der Waals surface area contributed by atoms with Crippen molar-refractivity contribution in [1.82, 2.24) is 20.3 Å². The van der Waals surface area contributed by atoms with Gasteiger partial charge in [0.15, 0.2) is 5.82 Å². The molecule has 0 aliphatic heterocycles. The molecule has 5 aliphatic rings. The van der Waals surface area contributed by atoms with Crippen molar-refractivity contribution in [1.29, 1.82) is 0 Å². The second-order valence-electron chi connectivity index (χ2n) is 10.9. The first-order valence-corrected chi connectivity index (χ1v) is 12.9. The largest absolute Gasteiger partial charge is 0.372 e. The lowest BCUT2D eigenvalue weighted by molar-refractivity contribution is -0.211. The summed E-state index contributed by atoms with van der Waals surface area (Å²) in [5, 5.41) is 8.14. The first-order chi connectivity index (χ1) is 17.5. The summed E-state index contributed by atoms with van der Waals surface area (Å²) in [6, 6.07) is 7.61. The molecule has 5 saturated carbocycles. The normalized spacial score (nSPS) is 26.4. The van der Waals surface area contributed by atoms with Crippen LogP contribution in [-0.2, 0) is 16.1 Å². The molecule has 36 heavy (non-hydrogen) atoms. The molecule has 5 fully saturated rings. The molecule has 2 heterocycles. The molecular weight excluding hydrogens is 465 g/mol. The number of hydrogen-bond donors (Lipinski definition) is 0. The van der Waals surface area contributed by atoms with Gasteiger partial charge in [-0.1, -0.05) is 22.4 Å². The number of halogens is 1. The fraction of sp³-hybridized carbons (Fsp3) is 0.577. The third kappa shape index (κ3) is 4.01. The fourth-order valence-electron chi connectivity index (χ4n) is 5.50. The SMILES string of the molecule is O=C(N(CCCOCc1nc(C2CC2)no1)c1cccc(-c2noc(C3CC3)n2)c1)C12CC(F)(C1)C2. The minimum absolute atomic E-state index is 0.0167. The Labute approximate surface area is 207 Å². The Kier molecular flexibility index (Phi) is 5.03. The number of carbonyl (C=O) groups excluding carboxylic acids is 1. The number of carbonyl (C=O) groups is 1. The Hall–Kier alpha value is -3.14. The van der Waals surface area contributed by atoms with Crippen molar-refractivity contribution in [3.63, 3.8) is 0 Å². The van der Waals surface area contributed by atoms with Crippen LogP contribution >= 0.6 is 0 Å². The molecule has 0 saturated heterocycles. The van der Waals surface area contributed by atoms with E-state index in [9.17, 15) is 9.18 Å². The highest BCUT2D eigenvalue weighted by Gasteiger charge is 2.73. The average Bonchev–Trinajstić information content (AvgIpc) is 3.78. The van der Waals surface area contributed by atoms with Crippen LogP contribution in [0.4, 0.5) is 10.1 Å². The maximum atomic E-state index is 14.2. The number of alkyl halides is 1. The Morgan fingerprint density at radius 1 is 1.08 bits per heavy atom. The van der Waals surface area contributed by atoms with Crippen LogP contribution in [0.5, 0.6) is 0 Å².